The Bertz CT molecular complexity index is 1260. The fraction of sp³-hybridized carbons (Fsp3) is 0.615. The van der Waals surface area contributed by atoms with Gasteiger partial charge in [0.05, 0.1) is 22.1 Å². The van der Waals surface area contributed by atoms with Crippen molar-refractivity contribution in [1.29, 1.82) is 0 Å². The lowest BCUT2D eigenvalue weighted by atomic mass is 9.91. The van der Waals surface area contributed by atoms with Crippen LogP contribution < -0.4 is 10.6 Å². The molecule has 2 aliphatic rings. The number of halogens is 5. The number of nitrogens with zero attached hydrogens (tertiary/aromatic N) is 3. The zero-order chi connectivity index (χ0) is 29.5. The third-order valence-electron chi connectivity index (χ3n) is 7.06. The molecule has 2 amide bonds. The standard InChI is InChI=1S/C26H32F5N5O3S/c1-14-7-6-10-36(14)23(38)19-20(40-22(35-19)21(37)33-13-24(2,3)39)15-12-32-18(11-16(15)26(29,30)31)34-17-8-4-5-9-25(17,27)28/h11-12,14,17,39H,4-10,13H2,1-3H3,(H,32,34)(H,33,37)/t14-,17?/m0/s1. The summed E-state index contributed by atoms with van der Waals surface area (Å²) in [6.07, 6.45) is -2.07. The van der Waals surface area contributed by atoms with Gasteiger partial charge in [0.25, 0.3) is 17.7 Å². The number of carbonyl (C=O) groups is 2. The lowest BCUT2D eigenvalue weighted by Crippen LogP contribution is -2.42. The first-order valence-electron chi connectivity index (χ1n) is 13.1. The van der Waals surface area contributed by atoms with Gasteiger partial charge in [0.2, 0.25) is 0 Å². The minimum Gasteiger partial charge on any atom is -0.389 e. The van der Waals surface area contributed by atoms with Crippen molar-refractivity contribution in [3.8, 4) is 10.4 Å². The van der Waals surface area contributed by atoms with Crippen molar-refractivity contribution in [3.63, 3.8) is 0 Å². The number of anilines is 1. The number of carbonyl (C=O) groups excluding carboxylic acids is 2. The molecule has 1 aliphatic carbocycles. The molecule has 2 aromatic rings. The summed E-state index contributed by atoms with van der Waals surface area (Å²) in [7, 11) is 0. The molecular weight excluding hydrogens is 557 g/mol. The second kappa shape index (κ2) is 11.2. The van der Waals surface area contributed by atoms with E-state index in [-0.39, 0.29) is 46.8 Å². The number of alkyl halides is 5. The number of amides is 2. The van der Waals surface area contributed by atoms with Crippen molar-refractivity contribution in [1.82, 2.24) is 20.2 Å². The molecule has 8 nitrogen and oxygen atoms in total. The zero-order valence-corrected chi connectivity index (χ0v) is 23.2. The molecule has 3 heterocycles. The van der Waals surface area contributed by atoms with Crippen LogP contribution in [-0.4, -0.2) is 68.5 Å². The molecule has 4 rings (SSSR count). The molecule has 0 spiro atoms. The third kappa shape index (κ3) is 6.70. The Morgan fingerprint density at radius 1 is 1.20 bits per heavy atom. The molecule has 1 aliphatic heterocycles. The lowest BCUT2D eigenvalue weighted by molar-refractivity contribution is -0.137. The minimum atomic E-state index is -4.93. The largest absolute Gasteiger partial charge is 0.417 e. The molecule has 40 heavy (non-hydrogen) atoms. The predicted molar refractivity (Wildman–Crippen MR) is 140 cm³/mol. The van der Waals surface area contributed by atoms with Crippen molar-refractivity contribution in [2.24, 2.45) is 0 Å². The molecule has 0 radical (unpaired) electrons. The van der Waals surface area contributed by atoms with E-state index in [1.54, 1.807) is 0 Å². The molecule has 220 valence electrons. The van der Waals surface area contributed by atoms with Crippen LogP contribution in [0.1, 0.15) is 85.2 Å². The number of thiazole rings is 1. The summed E-state index contributed by atoms with van der Waals surface area (Å²) in [5.74, 6) is -4.83. The third-order valence-corrected chi connectivity index (χ3v) is 8.15. The fourth-order valence-corrected chi connectivity index (χ4v) is 5.89. The van der Waals surface area contributed by atoms with Crippen LogP contribution in [0, 0.1) is 0 Å². The van der Waals surface area contributed by atoms with E-state index in [0.29, 0.717) is 49.6 Å². The van der Waals surface area contributed by atoms with Crippen molar-refractivity contribution < 1.29 is 36.6 Å². The Hall–Kier alpha value is -2.87. The first-order chi connectivity index (χ1) is 18.6. The van der Waals surface area contributed by atoms with E-state index >= 15 is 0 Å². The SMILES string of the molecule is C[C@H]1CCCN1C(=O)c1nc(C(=O)NCC(C)(C)O)sc1-c1cnc(NC2CCCCC2(F)F)cc1C(F)(F)F. The zero-order valence-electron chi connectivity index (χ0n) is 22.4. The maximum absolute atomic E-state index is 14.4. The van der Waals surface area contributed by atoms with Gasteiger partial charge in [-0.25, -0.2) is 18.7 Å². The highest BCUT2D eigenvalue weighted by molar-refractivity contribution is 7.17. The number of pyridine rings is 1. The summed E-state index contributed by atoms with van der Waals surface area (Å²) in [5.41, 5.74) is -3.26. The van der Waals surface area contributed by atoms with Gasteiger partial charge in [-0.3, -0.25) is 9.59 Å². The summed E-state index contributed by atoms with van der Waals surface area (Å²) in [5, 5.41) is 14.6. The van der Waals surface area contributed by atoms with Gasteiger partial charge in [-0.1, -0.05) is 6.42 Å². The molecule has 3 N–H and O–H groups in total. The van der Waals surface area contributed by atoms with Crippen LogP contribution in [0.15, 0.2) is 12.3 Å². The van der Waals surface area contributed by atoms with Crippen LogP contribution in [0.25, 0.3) is 10.4 Å². The highest BCUT2D eigenvalue weighted by Gasteiger charge is 2.43. The predicted octanol–water partition coefficient (Wildman–Crippen LogP) is 5.34. The molecule has 14 heteroatoms. The fourth-order valence-electron chi connectivity index (χ4n) is 4.89. The van der Waals surface area contributed by atoms with Gasteiger partial charge in [-0.05, 0) is 52.5 Å². The second-order valence-electron chi connectivity index (χ2n) is 11.0. The Labute approximate surface area is 232 Å². The van der Waals surface area contributed by atoms with E-state index in [9.17, 15) is 36.6 Å². The summed E-state index contributed by atoms with van der Waals surface area (Å²) in [6, 6.07) is -0.872. The number of rotatable bonds is 7. The maximum Gasteiger partial charge on any atom is 0.417 e. The van der Waals surface area contributed by atoms with Crippen LogP contribution in [0.5, 0.6) is 0 Å². The summed E-state index contributed by atoms with van der Waals surface area (Å²) >= 11 is 0.598. The van der Waals surface area contributed by atoms with Crippen LogP contribution in [-0.2, 0) is 6.18 Å². The number of hydrogen-bond donors (Lipinski definition) is 3. The molecule has 2 aromatic heterocycles. The van der Waals surface area contributed by atoms with Crippen molar-refractivity contribution in [3.05, 3.63) is 28.5 Å². The van der Waals surface area contributed by atoms with Crippen molar-refractivity contribution in [2.75, 3.05) is 18.4 Å². The van der Waals surface area contributed by atoms with E-state index in [0.717, 1.165) is 6.20 Å². The van der Waals surface area contributed by atoms with E-state index in [1.807, 2.05) is 6.92 Å². The Kier molecular flexibility index (Phi) is 8.42. The normalized spacial score (nSPS) is 21.4. The number of aromatic nitrogens is 2. The molecule has 1 saturated heterocycles. The first-order valence-corrected chi connectivity index (χ1v) is 13.9. The summed E-state index contributed by atoms with van der Waals surface area (Å²) in [6.45, 7) is 4.97. The van der Waals surface area contributed by atoms with E-state index < -0.39 is 46.7 Å². The number of nitrogens with one attached hydrogen (secondary N) is 2. The van der Waals surface area contributed by atoms with Gasteiger partial charge in [0.15, 0.2) is 5.01 Å². The molecular formula is C26H32F5N5O3S. The molecule has 2 atom stereocenters. The molecule has 2 fully saturated rings. The van der Waals surface area contributed by atoms with Crippen LogP contribution in [0.3, 0.4) is 0 Å². The quantitative estimate of drug-likeness (QED) is 0.377. The Balaban J connectivity index is 1.77. The van der Waals surface area contributed by atoms with Gasteiger partial charge in [-0.15, -0.1) is 11.3 Å². The van der Waals surface area contributed by atoms with Crippen LogP contribution in [0.2, 0.25) is 0 Å². The minimum absolute atomic E-state index is 0.0857. The van der Waals surface area contributed by atoms with Gasteiger partial charge in [0.1, 0.15) is 11.5 Å². The van der Waals surface area contributed by atoms with E-state index in [4.69, 9.17) is 0 Å². The summed E-state index contributed by atoms with van der Waals surface area (Å²) in [4.78, 5) is 35.7. The highest BCUT2D eigenvalue weighted by Crippen LogP contribution is 2.43. The average Bonchev–Trinajstić information content (AvgIpc) is 3.49. The average molecular weight is 590 g/mol. The smallest absolute Gasteiger partial charge is 0.389 e. The number of hydrogen-bond acceptors (Lipinski definition) is 7. The van der Waals surface area contributed by atoms with Gasteiger partial charge in [0, 0.05) is 37.3 Å². The van der Waals surface area contributed by atoms with Crippen molar-refractivity contribution >= 4 is 29.0 Å². The van der Waals surface area contributed by atoms with Gasteiger partial charge >= 0.3 is 6.18 Å². The van der Waals surface area contributed by atoms with E-state index in [1.165, 1.54) is 18.7 Å². The van der Waals surface area contributed by atoms with Gasteiger partial charge in [-0.2, -0.15) is 13.2 Å². The maximum atomic E-state index is 14.4. The second-order valence-corrected chi connectivity index (χ2v) is 12.0. The summed E-state index contributed by atoms with van der Waals surface area (Å²) < 4.78 is 71.7. The highest BCUT2D eigenvalue weighted by atomic mass is 32.1. The molecule has 1 saturated carbocycles. The molecule has 0 bridgehead atoms. The topological polar surface area (TPSA) is 107 Å². The van der Waals surface area contributed by atoms with Crippen molar-refractivity contribution in [2.45, 2.75) is 89.1 Å². The number of likely N-dealkylation sites (tertiary alicyclic amines) is 1. The van der Waals surface area contributed by atoms with Crippen LogP contribution in [0.4, 0.5) is 27.8 Å². The van der Waals surface area contributed by atoms with Gasteiger partial charge < -0.3 is 20.6 Å². The Morgan fingerprint density at radius 2 is 1.93 bits per heavy atom. The Morgan fingerprint density at radius 3 is 2.52 bits per heavy atom. The number of aliphatic hydroxyl groups is 1. The lowest BCUT2D eigenvalue weighted by Gasteiger charge is -2.32. The molecule has 0 aromatic carbocycles. The molecule has 1 unspecified atom stereocenters. The first kappa shape index (κ1) is 30.1. The van der Waals surface area contributed by atoms with Crippen LogP contribution >= 0.6 is 11.3 Å². The monoisotopic (exact) mass is 589 g/mol. The van der Waals surface area contributed by atoms with E-state index in [2.05, 4.69) is 20.6 Å².